The van der Waals surface area contributed by atoms with Gasteiger partial charge in [-0.25, -0.2) is 4.98 Å². The number of hydrogen-bond donors (Lipinski definition) is 1. The number of nitrogen functional groups attached to an aromatic ring is 1. The van der Waals surface area contributed by atoms with Crippen LogP contribution in [0.25, 0.3) is 16.2 Å². The van der Waals surface area contributed by atoms with Gasteiger partial charge < -0.3 is 5.73 Å². The van der Waals surface area contributed by atoms with Gasteiger partial charge in [0.15, 0.2) is 4.96 Å². The van der Waals surface area contributed by atoms with Crippen molar-refractivity contribution in [1.82, 2.24) is 9.38 Å². The molecule has 0 bridgehead atoms. The second-order valence-corrected chi connectivity index (χ2v) is 5.09. The van der Waals surface area contributed by atoms with Crippen LogP contribution in [-0.2, 0) is 0 Å². The lowest BCUT2D eigenvalue weighted by Gasteiger charge is -2.05. The fourth-order valence-electron chi connectivity index (χ4n) is 2.01. The van der Waals surface area contributed by atoms with E-state index >= 15 is 0 Å². The van der Waals surface area contributed by atoms with Gasteiger partial charge in [0.05, 0.1) is 11.9 Å². The number of nitrogens with zero attached hydrogens (tertiary/aromatic N) is 2. The monoisotopic (exact) mass is 243 g/mol. The average Bonchev–Trinajstić information content (AvgIpc) is 2.80. The van der Waals surface area contributed by atoms with E-state index in [0.29, 0.717) is 5.82 Å². The minimum absolute atomic E-state index is 0.573. The van der Waals surface area contributed by atoms with Crippen LogP contribution >= 0.6 is 11.3 Å². The Morgan fingerprint density at radius 1 is 1.29 bits per heavy atom. The predicted octanol–water partition coefficient (Wildman–Crippen LogP) is 3.26. The van der Waals surface area contributed by atoms with Crippen molar-refractivity contribution in [3.63, 3.8) is 0 Å². The molecule has 4 heteroatoms. The number of hydrogen-bond acceptors (Lipinski definition) is 3. The van der Waals surface area contributed by atoms with Crippen LogP contribution in [0.15, 0.2) is 29.8 Å². The van der Waals surface area contributed by atoms with Gasteiger partial charge in [0.1, 0.15) is 5.82 Å². The number of anilines is 1. The molecule has 0 aliphatic carbocycles. The Balaban J connectivity index is 2.29. The van der Waals surface area contributed by atoms with Crippen LogP contribution in [0.3, 0.4) is 0 Å². The Hall–Kier alpha value is -1.81. The lowest BCUT2D eigenvalue weighted by atomic mass is 10.0. The molecule has 2 heterocycles. The molecule has 1 aromatic carbocycles. The molecule has 0 fully saturated rings. The highest BCUT2D eigenvalue weighted by Crippen LogP contribution is 2.29. The largest absolute Gasteiger partial charge is 0.382 e. The van der Waals surface area contributed by atoms with Crippen molar-refractivity contribution in [1.29, 1.82) is 0 Å². The molecule has 3 aromatic rings. The van der Waals surface area contributed by atoms with Gasteiger partial charge in [-0.15, -0.1) is 11.3 Å². The SMILES string of the molecule is Cc1ccc(C)c(-c2csc3nc(N)cn23)c1. The number of aromatic nitrogens is 2. The fourth-order valence-corrected chi connectivity index (χ4v) is 2.89. The summed E-state index contributed by atoms with van der Waals surface area (Å²) in [6.07, 6.45) is 1.88. The van der Waals surface area contributed by atoms with E-state index in [-0.39, 0.29) is 0 Å². The highest BCUT2D eigenvalue weighted by molar-refractivity contribution is 7.15. The maximum Gasteiger partial charge on any atom is 0.196 e. The Morgan fingerprint density at radius 3 is 2.94 bits per heavy atom. The third-order valence-electron chi connectivity index (χ3n) is 2.90. The first kappa shape index (κ1) is 10.4. The van der Waals surface area contributed by atoms with Gasteiger partial charge in [-0.05, 0) is 25.5 Å². The number of fused-ring (bicyclic) bond motifs is 1. The maximum atomic E-state index is 5.72. The molecule has 0 saturated carbocycles. The average molecular weight is 243 g/mol. The Bertz CT molecular complexity index is 694. The lowest BCUT2D eigenvalue weighted by Crippen LogP contribution is -1.89. The minimum atomic E-state index is 0.573. The van der Waals surface area contributed by atoms with E-state index in [0.717, 1.165) is 10.7 Å². The molecule has 0 unspecified atom stereocenters. The van der Waals surface area contributed by atoms with Crippen LogP contribution < -0.4 is 5.73 Å². The van der Waals surface area contributed by atoms with E-state index in [1.54, 1.807) is 11.3 Å². The maximum absolute atomic E-state index is 5.72. The number of aryl methyl sites for hydroxylation is 2. The third kappa shape index (κ3) is 1.61. The second kappa shape index (κ2) is 3.60. The van der Waals surface area contributed by atoms with E-state index in [2.05, 4.69) is 46.8 Å². The number of imidazole rings is 1. The topological polar surface area (TPSA) is 43.3 Å². The van der Waals surface area contributed by atoms with Crippen molar-refractivity contribution in [2.75, 3.05) is 5.73 Å². The number of rotatable bonds is 1. The Labute approximate surface area is 104 Å². The van der Waals surface area contributed by atoms with Gasteiger partial charge in [-0.1, -0.05) is 17.7 Å². The molecule has 0 aliphatic heterocycles. The van der Waals surface area contributed by atoms with Crippen molar-refractivity contribution in [2.24, 2.45) is 0 Å². The smallest absolute Gasteiger partial charge is 0.196 e. The van der Waals surface area contributed by atoms with Gasteiger partial charge >= 0.3 is 0 Å². The zero-order valence-corrected chi connectivity index (χ0v) is 10.6. The van der Waals surface area contributed by atoms with Crippen molar-refractivity contribution in [3.8, 4) is 11.3 Å². The first-order valence-electron chi connectivity index (χ1n) is 5.45. The molecule has 86 valence electrons. The molecule has 0 radical (unpaired) electrons. The van der Waals surface area contributed by atoms with Crippen molar-refractivity contribution in [3.05, 3.63) is 40.9 Å². The van der Waals surface area contributed by atoms with Crippen molar-refractivity contribution in [2.45, 2.75) is 13.8 Å². The molecule has 3 nitrogen and oxygen atoms in total. The summed E-state index contributed by atoms with van der Waals surface area (Å²) in [5.41, 5.74) is 10.7. The Kier molecular flexibility index (Phi) is 2.19. The first-order chi connectivity index (χ1) is 8.15. The zero-order valence-electron chi connectivity index (χ0n) is 9.77. The van der Waals surface area contributed by atoms with Gasteiger partial charge in [-0.2, -0.15) is 0 Å². The standard InChI is InChI=1S/C13H13N3S/c1-8-3-4-9(2)10(5-8)11-7-17-13-15-12(14)6-16(11)13/h3-7H,14H2,1-2H3. The van der Waals surface area contributed by atoms with Gasteiger partial charge in [0.25, 0.3) is 0 Å². The summed E-state index contributed by atoms with van der Waals surface area (Å²) in [5, 5.41) is 2.13. The first-order valence-corrected chi connectivity index (χ1v) is 6.33. The zero-order chi connectivity index (χ0) is 12.0. The summed E-state index contributed by atoms with van der Waals surface area (Å²) in [4.78, 5) is 5.21. The quantitative estimate of drug-likeness (QED) is 0.713. The molecule has 0 saturated heterocycles. The van der Waals surface area contributed by atoms with Crippen molar-refractivity contribution >= 4 is 22.1 Å². The van der Waals surface area contributed by atoms with E-state index < -0.39 is 0 Å². The summed E-state index contributed by atoms with van der Waals surface area (Å²) in [5.74, 6) is 0.573. The molecule has 17 heavy (non-hydrogen) atoms. The van der Waals surface area contributed by atoms with Gasteiger partial charge in [0, 0.05) is 10.9 Å². The summed E-state index contributed by atoms with van der Waals surface area (Å²) in [6, 6.07) is 6.48. The van der Waals surface area contributed by atoms with Gasteiger partial charge in [-0.3, -0.25) is 4.40 Å². The minimum Gasteiger partial charge on any atom is -0.382 e. The molecule has 2 aromatic heterocycles. The highest BCUT2D eigenvalue weighted by Gasteiger charge is 2.10. The summed E-state index contributed by atoms with van der Waals surface area (Å²) < 4.78 is 2.06. The van der Waals surface area contributed by atoms with E-state index in [4.69, 9.17) is 5.73 Å². The third-order valence-corrected chi connectivity index (χ3v) is 3.74. The molecular formula is C13H13N3S. The molecule has 0 atom stereocenters. The van der Waals surface area contributed by atoms with E-state index in [9.17, 15) is 0 Å². The van der Waals surface area contributed by atoms with Gasteiger partial charge in [0.2, 0.25) is 0 Å². The van der Waals surface area contributed by atoms with Crippen LogP contribution in [0.1, 0.15) is 11.1 Å². The fraction of sp³-hybridized carbons (Fsp3) is 0.154. The molecule has 2 N–H and O–H groups in total. The molecule has 0 amide bonds. The van der Waals surface area contributed by atoms with E-state index in [1.807, 2.05) is 6.20 Å². The number of benzene rings is 1. The number of nitrogens with two attached hydrogens (primary N) is 1. The number of thiazole rings is 1. The molecule has 0 spiro atoms. The molecule has 0 aliphatic rings. The predicted molar refractivity (Wildman–Crippen MR) is 72.4 cm³/mol. The lowest BCUT2D eigenvalue weighted by molar-refractivity contribution is 1.22. The normalized spacial score (nSPS) is 11.2. The van der Waals surface area contributed by atoms with Crippen molar-refractivity contribution < 1.29 is 0 Å². The van der Waals surface area contributed by atoms with Crippen LogP contribution in [0.4, 0.5) is 5.82 Å². The van der Waals surface area contributed by atoms with Crippen LogP contribution in [0.5, 0.6) is 0 Å². The highest BCUT2D eigenvalue weighted by atomic mass is 32.1. The summed E-state index contributed by atoms with van der Waals surface area (Å²) in [6.45, 7) is 4.23. The second-order valence-electron chi connectivity index (χ2n) is 4.26. The van der Waals surface area contributed by atoms with Crippen LogP contribution in [-0.4, -0.2) is 9.38 Å². The van der Waals surface area contributed by atoms with E-state index in [1.165, 1.54) is 16.7 Å². The van der Waals surface area contributed by atoms with Crippen LogP contribution in [0.2, 0.25) is 0 Å². The summed E-state index contributed by atoms with van der Waals surface area (Å²) in [7, 11) is 0. The Morgan fingerprint density at radius 2 is 2.12 bits per heavy atom. The summed E-state index contributed by atoms with van der Waals surface area (Å²) >= 11 is 1.62. The molecular weight excluding hydrogens is 230 g/mol. The molecule has 3 rings (SSSR count). The van der Waals surface area contributed by atoms with Crippen LogP contribution in [0, 0.1) is 13.8 Å².